The van der Waals surface area contributed by atoms with E-state index in [1.54, 1.807) is 10.9 Å². The van der Waals surface area contributed by atoms with Crippen molar-refractivity contribution in [1.82, 2.24) is 19.6 Å². The quantitative estimate of drug-likeness (QED) is 0.797. The van der Waals surface area contributed by atoms with Crippen LogP contribution >= 0.6 is 0 Å². The third-order valence-electron chi connectivity index (χ3n) is 5.81. The molecule has 0 aliphatic carbocycles. The molecule has 0 spiro atoms. The van der Waals surface area contributed by atoms with Gasteiger partial charge in [0.05, 0.1) is 17.9 Å². The van der Waals surface area contributed by atoms with Gasteiger partial charge in [0, 0.05) is 51.9 Å². The van der Waals surface area contributed by atoms with E-state index in [0.29, 0.717) is 0 Å². The maximum absolute atomic E-state index is 13.0. The summed E-state index contributed by atoms with van der Waals surface area (Å²) in [5.41, 5.74) is 0.879. The number of hydrogen-bond donors (Lipinski definition) is 0. The molecule has 1 atom stereocenters. The molecule has 3 rings (SSSR count). The second kappa shape index (κ2) is 8.20. The smallest absolute Gasteiger partial charge is 0.244 e. The second-order valence-corrected chi connectivity index (χ2v) is 7.39. The third-order valence-corrected chi connectivity index (χ3v) is 5.81. The second-order valence-electron chi connectivity index (χ2n) is 7.39. The van der Waals surface area contributed by atoms with Gasteiger partial charge in [0.2, 0.25) is 11.8 Å². The van der Waals surface area contributed by atoms with E-state index in [2.05, 4.69) is 23.8 Å². The van der Waals surface area contributed by atoms with Crippen LogP contribution in [0.3, 0.4) is 0 Å². The molecule has 7 heteroatoms. The Morgan fingerprint density at radius 3 is 2.46 bits per heavy atom. The number of hydrogen-bond acceptors (Lipinski definition) is 4. The number of anilines is 1. The molecule has 2 saturated heterocycles. The third kappa shape index (κ3) is 3.77. The first-order valence-corrected chi connectivity index (χ1v) is 9.88. The number of carbonyl (C=O) groups excluding carboxylic acids is 2. The Kier molecular flexibility index (Phi) is 5.96. The van der Waals surface area contributed by atoms with Crippen LogP contribution in [-0.4, -0.2) is 70.2 Å². The summed E-state index contributed by atoms with van der Waals surface area (Å²) in [6, 6.07) is -0.0747. The van der Waals surface area contributed by atoms with E-state index in [-0.39, 0.29) is 23.8 Å². The summed E-state index contributed by atoms with van der Waals surface area (Å²) in [6.07, 6.45) is 7.35. The number of carbonyl (C=O) groups is 2. The van der Waals surface area contributed by atoms with Crippen LogP contribution in [0, 0.1) is 5.92 Å². The van der Waals surface area contributed by atoms with Gasteiger partial charge < -0.3 is 9.80 Å². The highest BCUT2D eigenvalue weighted by molar-refractivity contribution is 5.97. The summed E-state index contributed by atoms with van der Waals surface area (Å²) >= 11 is 0. The van der Waals surface area contributed by atoms with Crippen molar-refractivity contribution in [3.8, 4) is 0 Å². The zero-order chi connectivity index (χ0) is 18.7. The summed E-state index contributed by atoms with van der Waals surface area (Å²) in [7, 11) is 1.87. The number of aromatic nitrogens is 2. The summed E-state index contributed by atoms with van der Waals surface area (Å²) in [5, 5.41) is 4.19. The van der Waals surface area contributed by atoms with E-state index in [1.807, 2.05) is 23.0 Å². The molecule has 7 nitrogen and oxygen atoms in total. The van der Waals surface area contributed by atoms with E-state index in [1.165, 1.54) is 0 Å². The van der Waals surface area contributed by atoms with E-state index in [0.717, 1.165) is 64.1 Å². The first-order valence-electron chi connectivity index (χ1n) is 9.88. The van der Waals surface area contributed by atoms with Crippen molar-refractivity contribution in [3.63, 3.8) is 0 Å². The minimum Gasteiger partial charge on any atom is -0.340 e. The Morgan fingerprint density at radius 1 is 1.19 bits per heavy atom. The van der Waals surface area contributed by atoms with Crippen molar-refractivity contribution in [2.45, 2.75) is 45.6 Å². The highest BCUT2D eigenvalue weighted by Gasteiger charge is 2.36. The Bertz CT molecular complexity index is 632. The molecule has 0 aromatic carbocycles. The lowest BCUT2D eigenvalue weighted by molar-refractivity contribution is -0.138. The molecule has 0 radical (unpaired) electrons. The van der Waals surface area contributed by atoms with E-state index in [9.17, 15) is 9.59 Å². The lowest BCUT2D eigenvalue weighted by atomic mass is 10.00. The maximum Gasteiger partial charge on any atom is 0.244 e. The van der Waals surface area contributed by atoms with Gasteiger partial charge in [-0.15, -0.1) is 0 Å². The Balaban J connectivity index is 1.60. The summed E-state index contributed by atoms with van der Waals surface area (Å²) in [6.45, 7) is 7.94. The first kappa shape index (κ1) is 18.9. The SMILES string of the molecule is CCC(CC)C(=O)N1CCN([C@@H]2CCCN(c3cnn(C)c3)C2=O)CC1. The molecule has 1 aromatic heterocycles. The highest BCUT2D eigenvalue weighted by Crippen LogP contribution is 2.24. The van der Waals surface area contributed by atoms with Crippen LogP contribution in [0.2, 0.25) is 0 Å². The largest absolute Gasteiger partial charge is 0.340 e. The molecule has 0 N–H and O–H groups in total. The molecule has 2 aliphatic rings. The van der Waals surface area contributed by atoms with Gasteiger partial charge in [0.1, 0.15) is 0 Å². The van der Waals surface area contributed by atoms with E-state index >= 15 is 0 Å². The van der Waals surface area contributed by atoms with Gasteiger partial charge in [-0.3, -0.25) is 19.2 Å². The summed E-state index contributed by atoms with van der Waals surface area (Å²) in [5.74, 6) is 0.588. The molecular weight excluding hydrogens is 330 g/mol. The molecule has 0 bridgehead atoms. The van der Waals surface area contributed by atoms with Crippen LogP contribution < -0.4 is 4.90 Å². The predicted molar refractivity (Wildman–Crippen MR) is 101 cm³/mol. The Hall–Kier alpha value is -1.89. The van der Waals surface area contributed by atoms with Crippen molar-refractivity contribution in [1.29, 1.82) is 0 Å². The summed E-state index contributed by atoms with van der Waals surface area (Å²) in [4.78, 5) is 31.7. The van der Waals surface area contributed by atoms with Crippen molar-refractivity contribution in [2.24, 2.45) is 13.0 Å². The van der Waals surface area contributed by atoms with Gasteiger partial charge in [0.25, 0.3) is 0 Å². The normalized spacial score (nSPS) is 22.3. The maximum atomic E-state index is 13.0. The molecule has 2 fully saturated rings. The van der Waals surface area contributed by atoms with Crippen LogP contribution in [0.15, 0.2) is 12.4 Å². The van der Waals surface area contributed by atoms with E-state index < -0.39 is 0 Å². The van der Waals surface area contributed by atoms with Crippen molar-refractivity contribution < 1.29 is 9.59 Å². The fraction of sp³-hybridized carbons (Fsp3) is 0.737. The molecule has 3 heterocycles. The molecule has 2 aliphatic heterocycles. The molecule has 144 valence electrons. The Morgan fingerprint density at radius 2 is 1.88 bits per heavy atom. The van der Waals surface area contributed by atoms with Gasteiger partial charge in [-0.1, -0.05) is 13.8 Å². The van der Waals surface area contributed by atoms with Gasteiger partial charge >= 0.3 is 0 Å². The van der Waals surface area contributed by atoms with Crippen molar-refractivity contribution in [3.05, 3.63) is 12.4 Å². The number of rotatable bonds is 5. The Labute approximate surface area is 155 Å². The first-order chi connectivity index (χ1) is 12.5. The van der Waals surface area contributed by atoms with Gasteiger partial charge in [-0.05, 0) is 25.7 Å². The van der Waals surface area contributed by atoms with Crippen LogP contribution in [0.1, 0.15) is 39.5 Å². The average molecular weight is 361 g/mol. The van der Waals surface area contributed by atoms with Gasteiger partial charge in [0.15, 0.2) is 0 Å². The van der Waals surface area contributed by atoms with Crippen LogP contribution in [0.4, 0.5) is 5.69 Å². The van der Waals surface area contributed by atoms with Crippen LogP contribution in [-0.2, 0) is 16.6 Å². The lowest BCUT2D eigenvalue weighted by Crippen LogP contribution is -2.58. The average Bonchev–Trinajstić information content (AvgIpc) is 3.09. The van der Waals surface area contributed by atoms with Gasteiger partial charge in [-0.2, -0.15) is 5.10 Å². The highest BCUT2D eigenvalue weighted by atomic mass is 16.2. The van der Waals surface area contributed by atoms with E-state index in [4.69, 9.17) is 0 Å². The number of piperazine rings is 1. The number of aryl methyl sites for hydroxylation is 1. The summed E-state index contributed by atoms with van der Waals surface area (Å²) < 4.78 is 1.73. The molecule has 2 amide bonds. The number of piperidine rings is 1. The monoisotopic (exact) mass is 361 g/mol. The van der Waals surface area contributed by atoms with Crippen molar-refractivity contribution >= 4 is 17.5 Å². The van der Waals surface area contributed by atoms with Crippen LogP contribution in [0.25, 0.3) is 0 Å². The molecule has 0 unspecified atom stereocenters. The van der Waals surface area contributed by atoms with Crippen LogP contribution in [0.5, 0.6) is 0 Å². The fourth-order valence-corrected chi connectivity index (χ4v) is 4.15. The van der Waals surface area contributed by atoms with Gasteiger partial charge in [-0.25, -0.2) is 0 Å². The predicted octanol–water partition coefficient (Wildman–Crippen LogP) is 1.50. The molecule has 1 aromatic rings. The minimum absolute atomic E-state index is 0.0747. The molecular formula is C19H31N5O2. The standard InChI is InChI=1S/C19H31N5O2/c1-4-15(5-2)18(25)23-11-9-22(10-12-23)17-7-6-8-24(19(17)26)16-13-20-21(3)14-16/h13-15,17H,4-12H2,1-3H3/t17-/m1/s1. The van der Waals surface area contributed by atoms with Crippen molar-refractivity contribution in [2.75, 3.05) is 37.6 Å². The zero-order valence-electron chi connectivity index (χ0n) is 16.2. The number of amides is 2. The topological polar surface area (TPSA) is 61.7 Å². The zero-order valence-corrected chi connectivity index (χ0v) is 16.2. The number of nitrogens with zero attached hydrogens (tertiary/aromatic N) is 5. The minimum atomic E-state index is -0.0747. The lowest BCUT2D eigenvalue weighted by Gasteiger charge is -2.42. The molecule has 26 heavy (non-hydrogen) atoms. The molecule has 0 saturated carbocycles. The fourth-order valence-electron chi connectivity index (χ4n) is 4.15.